The molecule has 2 N–H and O–H groups in total. The zero-order valence-corrected chi connectivity index (χ0v) is 18.1. The molecule has 6 heteroatoms. The first-order valence-electron chi connectivity index (χ1n) is 9.56. The smallest absolute Gasteiger partial charge is 0.251 e. The maximum atomic E-state index is 12.8. The van der Waals surface area contributed by atoms with Crippen LogP contribution < -0.4 is 15.4 Å². The molecule has 29 heavy (non-hydrogen) atoms. The molecular formula is C23H26ClN3O2. The number of carbonyl (C=O) groups excluding carboxylic acids is 1. The average molecular weight is 412 g/mol. The minimum absolute atomic E-state index is 0.0645. The van der Waals surface area contributed by atoms with Crippen LogP contribution in [0.15, 0.2) is 42.5 Å². The van der Waals surface area contributed by atoms with Crippen LogP contribution in [0.2, 0.25) is 5.02 Å². The molecular weight excluding hydrogens is 386 g/mol. The highest BCUT2D eigenvalue weighted by molar-refractivity contribution is 6.31. The Bertz CT molecular complexity index is 945. The fraction of sp³-hybridized carbons (Fsp3) is 0.391. The van der Waals surface area contributed by atoms with Crippen molar-refractivity contribution >= 4 is 23.2 Å². The lowest BCUT2D eigenvalue weighted by Gasteiger charge is -2.63. The summed E-state index contributed by atoms with van der Waals surface area (Å²) in [6, 6.07) is 14.5. The largest absolute Gasteiger partial charge is 0.489 e. The van der Waals surface area contributed by atoms with E-state index < -0.39 is 0 Å². The molecule has 0 radical (unpaired) electrons. The second-order valence-electron chi connectivity index (χ2n) is 8.63. The van der Waals surface area contributed by atoms with Crippen molar-refractivity contribution in [3.63, 3.8) is 0 Å². The van der Waals surface area contributed by atoms with E-state index in [1.165, 1.54) is 0 Å². The third-order valence-electron chi connectivity index (χ3n) is 5.87. The topological polar surface area (TPSA) is 74.2 Å². The van der Waals surface area contributed by atoms with E-state index in [1.54, 1.807) is 18.2 Å². The molecule has 1 saturated carbocycles. The number of halogens is 1. The van der Waals surface area contributed by atoms with Gasteiger partial charge >= 0.3 is 0 Å². The number of nitriles is 1. The summed E-state index contributed by atoms with van der Waals surface area (Å²) >= 11 is 6.14. The summed E-state index contributed by atoms with van der Waals surface area (Å²) in [6.45, 7) is 8.35. The number of amides is 1. The molecule has 0 spiro atoms. The van der Waals surface area contributed by atoms with Crippen molar-refractivity contribution in [3.05, 3.63) is 58.6 Å². The van der Waals surface area contributed by atoms with Gasteiger partial charge in [0.05, 0.1) is 10.6 Å². The van der Waals surface area contributed by atoms with E-state index in [4.69, 9.17) is 21.6 Å². The van der Waals surface area contributed by atoms with E-state index in [0.29, 0.717) is 21.9 Å². The summed E-state index contributed by atoms with van der Waals surface area (Å²) in [5.74, 6) is 0.520. The van der Waals surface area contributed by atoms with Crippen molar-refractivity contribution in [3.8, 4) is 11.8 Å². The molecule has 1 aliphatic rings. The van der Waals surface area contributed by atoms with Crippen LogP contribution >= 0.6 is 11.6 Å². The molecule has 152 valence electrons. The van der Waals surface area contributed by atoms with Gasteiger partial charge in [0.1, 0.15) is 17.9 Å². The van der Waals surface area contributed by atoms with Crippen LogP contribution in [0.25, 0.3) is 0 Å². The lowest BCUT2D eigenvalue weighted by Crippen LogP contribution is -2.74. The number of hydrogen-bond donors (Lipinski definition) is 2. The first-order valence-corrected chi connectivity index (χ1v) is 9.94. The molecule has 1 amide bonds. The fourth-order valence-corrected chi connectivity index (χ4v) is 4.81. The number of anilines is 1. The number of ether oxygens (including phenoxy) is 1. The molecule has 2 aromatic carbocycles. The number of carbonyl (C=O) groups is 1. The standard InChI is InChI=1S/C23H26ClN3O2/c1-22(2)20(27-19(28)14-6-9-16(26-5)10-7-14)23(3,4)21(22)29-17-11-8-15(13-25)18(24)12-17/h6-12,20-21,26H,1-5H3,(H,27,28)/t20-,21-. The van der Waals surface area contributed by atoms with Crippen LogP contribution in [-0.4, -0.2) is 25.1 Å². The molecule has 2 aromatic rings. The Morgan fingerprint density at radius 3 is 2.24 bits per heavy atom. The highest BCUT2D eigenvalue weighted by Crippen LogP contribution is 2.55. The van der Waals surface area contributed by atoms with Crippen molar-refractivity contribution in [2.24, 2.45) is 10.8 Å². The monoisotopic (exact) mass is 411 g/mol. The van der Waals surface area contributed by atoms with Crippen LogP contribution in [-0.2, 0) is 0 Å². The molecule has 0 aliphatic heterocycles. The van der Waals surface area contributed by atoms with Gasteiger partial charge in [0.15, 0.2) is 0 Å². The van der Waals surface area contributed by atoms with Gasteiger partial charge in [0, 0.05) is 41.2 Å². The number of rotatable bonds is 5. The molecule has 0 aromatic heterocycles. The van der Waals surface area contributed by atoms with Gasteiger partial charge in [-0.3, -0.25) is 4.79 Å². The normalized spacial score (nSPS) is 21.4. The third kappa shape index (κ3) is 3.77. The molecule has 0 unspecified atom stereocenters. The zero-order valence-electron chi connectivity index (χ0n) is 17.3. The predicted molar refractivity (Wildman–Crippen MR) is 115 cm³/mol. The lowest BCUT2D eigenvalue weighted by molar-refractivity contribution is -0.164. The van der Waals surface area contributed by atoms with Crippen molar-refractivity contribution in [2.45, 2.75) is 39.8 Å². The summed E-state index contributed by atoms with van der Waals surface area (Å²) in [7, 11) is 1.84. The van der Waals surface area contributed by atoms with Crippen LogP contribution in [0.4, 0.5) is 5.69 Å². The second kappa shape index (κ2) is 7.61. The molecule has 1 fully saturated rings. The third-order valence-corrected chi connectivity index (χ3v) is 6.18. The maximum absolute atomic E-state index is 12.8. The minimum Gasteiger partial charge on any atom is -0.489 e. The summed E-state index contributed by atoms with van der Waals surface area (Å²) < 4.78 is 6.26. The van der Waals surface area contributed by atoms with Crippen LogP contribution in [0.5, 0.6) is 5.75 Å². The molecule has 0 atom stereocenters. The van der Waals surface area contributed by atoms with Gasteiger partial charge in [-0.05, 0) is 36.4 Å². The Hall–Kier alpha value is -2.71. The molecule has 5 nitrogen and oxygen atoms in total. The number of hydrogen-bond acceptors (Lipinski definition) is 4. The zero-order chi connectivity index (χ0) is 21.4. The van der Waals surface area contributed by atoms with Gasteiger partial charge in [-0.2, -0.15) is 5.26 Å². The van der Waals surface area contributed by atoms with E-state index in [0.717, 1.165) is 5.69 Å². The molecule has 3 rings (SSSR count). The molecule has 1 aliphatic carbocycles. The Balaban J connectivity index is 1.74. The van der Waals surface area contributed by atoms with Gasteiger partial charge in [-0.1, -0.05) is 39.3 Å². The Labute approximate surface area is 177 Å². The Morgan fingerprint density at radius 1 is 1.10 bits per heavy atom. The van der Waals surface area contributed by atoms with E-state index in [9.17, 15) is 4.79 Å². The second-order valence-corrected chi connectivity index (χ2v) is 9.04. The lowest BCUT2D eigenvalue weighted by atomic mass is 9.49. The molecule has 0 saturated heterocycles. The number of nitrogens with zero attached hydrogens (tertiary/aromatic N) is 1. The summed E-state index contributed by atoms with van der Waals surface area (Å²) in [5.41, 5.74) is 1.43. The highest BCUT2D eigenvalue weighted by atomic mass is 35.5. The van der Waals surface area contributed by atoms with E-state index in [-0.39, 0.29) is 28.9 Å². The highest BCUT2D eigenvalue weighted by Gasteiger charge is 2.64. The first kappa shape index (κ1) is 21.0. The summed E-state index contributed by atoms with van der Waals surface area (Å²) in [6.07, 6.45) is -0.129. The van der Waals surface area contributed by atoms with E-state index >= 15 is 0 Å². The maximum Gasteiger partial charge on any atom is 0.251 e. The number of nitrogens with one attached hydrogen (secondary N) is 2. The van der Waals surface area contributed by atoms with Crippen LogP contribution in [0, 0.1) is 22.2 Å². The quantitative estimate of drug-likeness (QED) is 0.736. The Kier molecular flexibility index (Phi) is 5.51. The Morgan fingerprint density at radius 2 is 1.72 bits per heavy atom. The minimum atomic E-state index is -0.287. The van der Waals surface area contributed by atoms with Gasteiger partial charge in [0.2, 0.25) is 0 Å². The van der Waals surface area contributed by atoms with Gasteiger partial charge in [0.25, 0.3) is 5.91 Å². The van der Waals surface area contributed by atoms with Crippen molar-refractivity contribution < 1.29 is 9.53 Å². The fourth-order valence-electron chi connectivity index (χ4n) is 4.60. The predicted octanol–water partition coefficient (Wildman–Crippen LogP) is 4.87. The van der Waals surface area contributed by atoms with E-state index in [2.05, 4.69) is 38.3 Å². The van der Waals surface area contributed by atoms with E-state index in [1.807, 2.05) is 37.4 Å². The van der Waals surface area contributed by atoms with Crippen molar-refractivity contribution in [2.75, 3.05) is 12.4 Å². The van der Waals surface area contributed by atoms with Crippen molar-refractivity contribution in [1.29, 1.82) is 5.26 Å². The van der Waals surface area contributed by atoms with Gasteiger partial charge < -0.3 is 15.4 Å². The number of benzene rings is 2. The molecule has 0 bridgehead atoms. The van der Waals surface area contributed by atoms with Gasteiger partial charge in [-0.15, -0.1) is 0 Å². The average Bonchev–Trinajstić information content (AvgIpc) is 2.69. The van der Waals surface area contributed by atoms with Crippen LogP contribution in [0.1, 0.15) is 43.6 Å². The van der Waals surface area contributed by atoms with Crippen molar-refractivity contribution in [1.82, 2.24) is 5.32 Å². The van der Waals surface area contributed by atoms with Crippen LogP contribution in [0.3, 0.4) is 0 Å². The van der Waals surface area contributed by atoms with Gasteiger partial charge in [-0.25, -0.2) is 0 Å². The summed E-state index contributed by atoms with van der Waals surface area (Å²) in [4.78, 5) is 12.8. The first-order chi connectivity index (χ1) is 13.6. The molecule has 0 heterocycles. The summed E-state index contributed by atoms with van der Waals surface area (Å²) in [5, 5.41) is 15.6. The SMILES string of the molecule is CNc1ccc(C(=O)N[C@H]2C(C)(C)[C@H](Oc3ccc(C#N)c(Cl)c3)C2(C)C)cc1.